The number of piperidine rings is 1. The van der Waals surface area contributed by atoms with Crippen molar-refractivity contribution in [2.24, 2.45) is 5.92 Å². The molecular weight excluding hydrogens is 345 g/mol. The zero-order chi connectivity index (χ0) is 19.3. The number of amides is 1. The summed E-state index contributed by atoms with van der Waals surface area (Å²) in [6, 6.07) is -0.472. The molecule has 0 saturated carbocycles. The lowest BCUT2D eigenvalue weighted by Gasteiger charge is -2.30. The minimum Gasteiger partial charge on any atom is -0.352 e. The van der Waals surface area contributed by atoms with Crippen LogP contribution in [0.4, 0.5) is 13.2 Å². The van der Waals surface area contributed by atoms with Gasteiger partial charge in [-0.2, -0.15) is 18.3 Å². The van der Waals surface area contributed by atoms with Gasteiger partial charge in [0, 0.05) is 12.6 Å². The maximum Gasteiger partial charge on any atom is 0.433 e. The Morgan fingerprint density at radius 1 is 1.31 bits per heavy atom. The van der Waals surface area contributed by atoms with Crippen molar-refractivity contribution >= 4 is 5.91 Å². The Bertz CT molecular complexity index is 590. The molecule has 0 bridgehead atoms. The largest absolute Gasteiger partial charge is 0.433 e. The maximum atomic E-state index is 13.3. The van der Waals surface area contributed by atoms with Crippen LogP contribution in [-0.4, -0.2) is 46.8 Å². The van der Waals surface area contributed by atoms with Crippen LogP contribution in [0.25, 0.3) is 0 Å². The molecule has 2 heterocycles. The van der Waals surface area contributed by atoms with E-state index >= 15 is 0 Å². The van der Waals surface area contributed by atoms with Crippen molar-refractivity contribution < 1.29 is 18.0 Å². The van der Waals surface area contributed by atoms with Gasteiger partial charge >= 0.3 is 6.18 Å². The van der Waals surface area contributed by atoms with Crippen LogP contribution in [0.15, 0.2) is 6.20 Å². The molecule has 1 amide bonds. The van der Waals surface area contributed by atoms with Crippen LogP contribution in [0, 0.1) is 5.92 Å². The van der Waals surface area contributed by atoms with E-state index in [1.165, 1.54) is 12.8 Å². The van der Waals surface area contributed by atoms with E-state index in [1.807, 2.05) is 0 Å². The highest BCUT2D eigenvalue weighted by atomic mass is 19.4. The van der Waals surface area contributed by atoms with E-state index in [4.69, 9.17) is 0 Å². The molecule has 8 heteroatoms. The van der Waals surface area contributed by atoms with Crippen LogP contribution < -0.4 is 5.32 Å². The number of hydrogen-bond donors (Lipinski definition) is 1. The van der Waals surface area contributed by atoms with Gasteiger partial charge in [0.15, 0.2) is 5.69 Å². The Balaban J connectivity index is 1.81. The first kappa shape index (κ1) is 20.7. The highest BCUT2D eigenvalue weighted by Crippen LogP contribution is 2.33. The smallest absolute Gasteiger partial charge is 0.352 e. The van der Waals surface area contributed by atoms with E-state index in [9.17, 15) is 18.0 Å². The van der Waals surface area contributed by atoms with Crippen molar-refractivity contribution in [2.75, 3.05) is 26.2 Å². The Morgan fingerprint density at radius 2 is 1.96 bits per heavy atom. The van der Waals surface area contributed by atoms with Crippen LogP contribution in [0.2, 0.25) is 0 Å². The van der Waals surface area contributed by atoms with Gasteiger partial charge in [0.2, 0.25) is 0 Å². The number of alkyl halides is 3. The highest BCUT2D eigenvalue weighted by molar-refractivity contribution is 5.95. The van der Waals surface area contributed by atoms with E-state index in [1.54, 1.807) is 13.8 Å². The van der Waals surface area contributed by atoms with Gasteiger partial charge in [0.25, 0.3) is 5.91 Å². The second-order valence-corrected chi connectivity index (χ2v) is 7.43. The lowest BCUT2D eigenvalue weighted by atomic mass is 9.99. The summed E-state index contributed by atoms with van der Waals surface area (Å²) in [5.41, 5.74) is -1.39. The van der Waals surface area contributed by atoms with Crippen LogP contribution in [0.1, 0.15) is 68.5 Å². The van der Waals surface area contributed by atoms with Gasteiger partial charge in [-0.3, -0.25) is 9.48 Å². The molecule has 5 nitrogen and oxygen atoms in total. The van der Waals surface area contributed by atoms with Gasteiger partial charge in [-0.05, 0) is 65.1 Å². The first-order valence-corrected chi connectivity index (χ1v) is 9.35. The molecule has 0 radical (unpaired) electrons. The topological polar surface area (TPSA) is 50.2 Å². The zero-order valence-corrected chi connectivity index (χ0v) is 15.8. The molecule has 1 aliphatic heterocycles. The number of nitrogens with one attached hydrogen (secondary N) is 1. The monoisotopic (exact) mass is 374 g/mol. The summed E-state index contributed by atoms with van der Waals surface area (Å²) < 4.78 is 40.7. The van der Waals surface area contributed by atoms with E-state index in [-0.39, 0.29) is 0 Å². The fourth-order valence-electron chi connectivity index (χ4n) is 3.25. The average Bonchev–Trinajstić information content (AvgIpc) is 3.02. The summed E-state index contributed by atoms with van der Waals surface area (Å²) in [6.07, 6.45) is 0.503. The van der Waals surface area contributed by atoms with Gasteiger partial charge in [-0.15, -0.1) is 0 Å². The molecule has 1 aromatic heterocycles. The van der Waals surface area contributed by atoms with Crippen molar-refractivity contribution in [3.05, 3.63) is 17.5 Å². The molecule has 0 aromatic carbocycles. The summed E-state index contributed by atoms with van der Waals surface area (Å²) in [5.74, 6) is 0.0798. The van der Waals surface area contributed by atoms with Crippen molar-refractivity contribution in [3.63, 3.8) is 0 Å². The Labute approximate surface area is 152 Å². The molecule has 0 aliphatic carbocycles. The number of carbonyl (C=O) groups is 1. The first-order valence-electron chi connectivity index (χ1n) is 9.35. The van der Waals surface area contributed by atoms with Crippen LogP contribution in [-0.2, 0) is 6.18 Å². The fourth-order valence-corrected chi connectivity index (χ4v) is 3.25. The van der Waals surface area contributed by atoms with Crippen LogP contribution in [0.3, 0.4) is 0 Å². The standard InChI is InChI=1S/C18H29F3N4O/c1-13(2)25-16(18(19,20)21)15(12-23-25)17(26)22-8-4-5-9-24-10-6-14(3)7-11-24/h12-14H,4-11H2,1-3H3,(H,22,26). The third kappa shape index (κ3) is 5.46. The number of unbranched alkanes of at least 4 members (excludes halogenated alkanes) is 1. The van der Waals surface area contributed by atoms with Crippen molar-refractivity contribution in [2.45, 2.75) is 58.7 Å². The molecule has 26 heavy (non-hydrogen) atoms. The molecule has 1 aromatic rings. The predicted octanol–water partition coefficient (Wildman–Crippen LogP) is 3.72. The summed E-state index contributed by atoms with van der Waals surface area (Å²) in [6.45, 7) is 9.03. The van der Waals surface area contributed by atoms with Gasteiger partial charge in [0.1, 0.15) is 0 Å². The molecule has 0 unspecified atom stereocenters. The number of rotatable bonds is 7. The molecule has 1 N–H and O–H groups in total. The Kier molecular flexibility index (Phi) is 7.08. The van der Waals surface area contributed by atoms with Crippen LogP contribution in [0.5, 0.6) is 0 Å². The summed E-state index contributed by atoms with van der Waals surface area (Å²) in [7, 11) is 0. The van der Waals surface area contributed by atoms with Crippen molar-refractivity contribution in [1.82, 2.24) is 20.0 Å². The van der Waals surface area contributed by atoms with E-state index in [0.29, 0.717) is 6.54 Å². The summed E-state index contributed by atoms with van der Waals surface area (Å²) >= 11 is 0. The molecule has 2 rings (SSSR count). The van der Waals surface area contributed by atoms with Gasteiger partial charge in [0.05, 0.1) is 11.8 Å². The summed E-state index contributed by atoms with van der Waals surface area (Å²) in [5, 5.41) is 6.34. The quantitative estimate of drug-likeness (QED) is 0.740. The second kappa shape index (κ2) is 8.88. The minimum absolute atomic E-state index is 0.368. The third-order valence-electron chi connectivity index (χ3n) is 4.86. The SMILES string of the molecule is CC1CCN(CCCCNC(=O)c2cnn(C(C)C)c2C(F)(F)F)CC1. The Morgan fingerprint density at radius 3 is 2.54 bits per heavy atom. The van der Waals surface area contributed by atoms with E-state index < -0.39 is 29.4 Å². The number of halogens is 3. The van der Waals surface area contributed by atoms with Gasteiger partial charge < -0.3 is 10.2 Å². The second-order valence-electron chi connectivity index (χ2n) is 7.43. The van der Waals surface area contributed by atoms with E-state index in [2.05, 4.69) is 22.2 Å². The molecule has 1 saturated heterocycles. The van der Waals surface area contributed by atoms with Gasteiger partial charge in [-0.25, -0.2) is 0 Å². The van der Waals surface area contributed by atoms with E-state index in [0.717, 1.165) is 49.3 Å². The number of hydrogen-bond acceptors (Lipinski definition) is 3. The van der Waals surface area contributed by atoms with Crippen molar-refractivity contribution in [1.29, 1.82) is 0 Å². The molecule has 1 fully saturated rings. The molecular formula is C18H29F3N4O. The zero-order valence-electron chi connectivity index (χ0n) is 15.8. The lowest BCUT2D eigenvalue weighted by Crippen LogP contribution is -2.34. The molecule has 148 valence electrons. The summed E-state index contributed by atoms with van der Waals surface area (Å²) in [4.78, 5) is 14.6. The highest BCUT2D eigenvalue weighted by Gasteiger charge is 2.40. The van der Waals surface area contributed by atoms with Gasteiger partial charge in [-0.1, -0.05) is 6.92 Å². The number of carbonyl (C=O) groups excluding carboxylic acids is 1. The maximum absolute atomic E-state index is 13.3. The third-order valence-corrected chi connectivity index (χ3v) is 4.86. The predicted molar refractivity (Wildman–Crippen MR) is 94.0 cm³/mol. The first-order chi connectivity index (χ1) is 12.2. The minimum atomic E-state index is -4.61. The number of nitrogens with zero attached hydrogens (tertiary/aromatic N) is 3. The average molecular weight is 374 g/mol. The lowest BCUT2D eigenvalue weighted by molar-refractivity contribution is -0.145. The normalized spacial score (nSPS) is 17.0. The number of aromatic nitrogens is 2. The molecule has 0 spiro atoms. The Hall–Kier alpha value is -1.57. The van der Waals surface area contributed by atoms with Crippen molar-refractivity contribution in [3.8, 4) is 0 Å². The van der Waals surface area contributed by atoms with Crippen LogP contribution >= 0.6 is 0 Å². The molecule has 1 aliphatic rings. The number of likely N-dealkylation sites (tertiary alicyclic amines) is 1. The fraction of sp³-hybridized carbons (Fsp3) is 0.778. The molecule has 0 atom stereocenters.